The molecule has 1 amide bonds. The van der Waals surface area contributed by atoms with E-state index in [9.17, 15) is 24.3 Å². The van der Waals surface area contributed by atoms with Crippen LogP contribution in [0.25, 0.3) is 43.1 Å². The van der Waals surface area contributed by atoms with E-state index in [2.05, 4.69) is 5.32 Å². The van der Waals surface area contributed by atoms with Crippen LogP contribution in [-0.2, 0) is 4.79 Å². The maximum Gasteiger partial charge on any atom is 0.336 e. The summed E-state index contributed by atoms with van der Waals surface area (Å²) in [4.78, 5) is 51.2. The number of aromatic carboxylic acids is 1. The van der Waals surface area contributed by atoms with Gasteiger partial charge in [0, 0.05) is 34.2 Å². The second kappa shape index (κ2) is 10.4. The average molecular weight is 562 g/mol. The molecule has 0 bridgehead atoms. The lowest BCUT2D eigenvalue weighted by atomic mass is 9.84. The molecular formula is C35H31NO6. The van der Waals surface area contributed by atoms with Crippen molar-refractivity contribution in [1.82, 2.24) is 5.32 Å². The van der Waals surface area contributed by atoms with E-state index in [1.807, 2.05) is 18.2 Å². The Balaban J connectivity index is 1.51. The van der Waals surface area contributed by atoms with E-state index in [1.165, 1.54) is 0 Å². The van der Waals surface area contributed by atoms with Crippen molar-refractivity contribution in [2.24, 2.45) is 5.92 Å². The number of carbonyl (C=O) groups excluding carboxylic acids is 3. The molecule has 2 N–H and O–H groups in total. The van der Waals surface area contributed by atoms with Crippen LogP contribution in [0.15, 0.2) is 48.5 Å². The predicted molar refractivity (Wildman–Crippen MR) is 162 cm³/mol. The molecule has 42 heavy (non-hydrogen) atoms. The van der Waals surface area contributed by atoms with Crippen LogP contribution in [0.1, 0.15) is 88.9 Å². The van der Waals surface area contributed by atoms with Crippen molar-refractivity contribution in [2.45, 2.75) is 63.8 Å². The lowest BCUT2D eigenvalue weighted by Gasteiger charge is -2.20. The molecule has 2 aliphatic rings. The van der Waals surface area contributed by atoms with Crippen LogP contribution in [-0.4, -0.2) is 35.3 Å². The third kappa shape index (κ3) is 4.18. The quantitative estimate of drug-likeness (QED) is 0.0884. The molecule has 212 valence electrons. The van der Waals surface area contributed by atoms with Crippen molar-refractivity contribution in [1.29, 1.82) is 0 Å². The summed E-state index contributed by atoms with van der Waals surface area (Å²) in [5.41, 5.74) is 0.955. The van der Waals surface area contributed by atoms with Gasteiger partial charge in [0.05, 0.1) is 11.1 Å². The van der Waals surface area contributed by atoms with Gasteiger partial charge in [-0.1, -0.05) is 62.8 Å². The normalized spacial score (nSPS) is 16.2. The molecule has 5 aromatic rings. The van der Waals surface area contributed by atoms with E-state index >= 15 is 0 Å². The molecule has 7 heteroatoms. The van der Waals surface area contributed by atoms with E-state index in [4.69, 9.17) is 4.74 Å². The molecule has 7 rings (SSSR count). The SMILES string of the molecule is O=COc1ccc2c3ccc(C(=O)CC4CCCC4)c4c(C(=O)O)ccc(c5ccc(C(=O)NC6CCCC6)c1c52)c43. The van der Waals surface area contributed by atoms with Gasteiger partial charge in [-0.05, 0) is 70.0 Å². The number of amides is 1. The number of hydrogen-bond acceptors (Lipinski definition) is 5. The number of ketones is 1. The fourth-order valence-corrected chi connectivity index (χ4v) is 7.53. The molecule has 2 saturated carbocycles. The van der Waals surface area contributed by atoms with Crippen LogP contribution < -0.4 is 10.1 Å². The predicted octanol–water partition coefficient (Wildman–Crippen LogP) is 7.41. The van der Waals surface area contributed by atoms with Gasteiger partial charge in [-0.25, -0.2) is 4.79 Å². The van der Waals surface area contributed by atoms with Gasteiger partial charge in [-0.3, -0.25) is 14.4 Å². The third-order valence-electron chi connectivity index (χ3n) is 9.45. The first kappa shape index (κ1) is 26.4. The first-order chi connectivity index (χ1) is 20.5. The highest BCUT2D eigenvalue weighted by Gasteiger charge is 2.27. The van der Waals surface area contributed by atoms with Crippen molar-refractivity contribution in [3.05, 3.63) is 65.2 Å². The minimum Gasteiger partial charge on any atom is -0.478 e. The van der Waals surface area contributed by atoms with Gasteiger partial charge in [0.2, 0.25) is 0 Å². The summed E-state index contributed by atoms with van der Waals surface area (Å²) in [6.45, 7) is 0.363. The lowest BCUT2D eigenvalue weighted by molar-refractivity contribution is -0.120. The summed E-state index contributed by atoms with van der Waals surface area (Å²) in [5.74, 6) is -0.717. The van der Waals surface area contributed by atoms with E-state index in [1.54, 1.807) is 30.3 Å². The van der Waals surface area contributed by atoms with Crippen LogP contribution in [0.4, 0.5) is 0 Å². The average Bonchev–Trinajstić information content (AvgIpc) is 3.70. The summed E-state index contributed by atoms with van der Waals surface area (Å²) in [7, 11) is 0. The van der Waals surface area contributed by atoms with Gasteiger partial charge in [-0.2, -0.15) is 0 Å². The number of ether oxygens (including phenoxy) is 1. The number of carbonyl (C=O) groups is 4. The summed E-state index contributed by atoms with van der Waals surface area (Å²) in [6, 6.07) is 14.3. The van der Waals surface area contributed by atoms with Crippen molar-refractivity contribution >= 4 is 67.2 Å². The zero-order valence-corrected chi connectivity index (χ0v) is 23.2. The Kier molecular flexibility index (Phi) is 6.53. The molecule has 0 aromatic heterocycles. The standard InChI is InChI=1S/C35H31NO6/c37-18-42-29-16-15-24-21-9-12-25(28(38)17-19-5-1-2-6-19)32-27(35(40)41)14-11-22(30(21)32)23-10-13-26(33(29)31(23)24)34(39)36-20-7-3-4-8-20/h9-16,18-20H,1-8,17H2,(H,36,39)(H,40,41). The number of benzene rings is 5. The molecule has 0 aliphatic heterocycles. The Morgan fingerprint density at radius 1 is 0.714 bits per heavy atom. The van der Waals surface area contributed by atoms with Gasteiger partial charge in [0.15, 0.2) is 5.78 Å². The van der Waals surface area contributed by atoms with Crippen LogP contribution in [0.3, 0.4) is 0 Å². The second-order valence-electron chi connectivity index (χ2n) is 11.8. The first-order valence-corrected chi connectivity index (χ1v) is 14.8. The fraction of sp³-hybridized carbons (Fsp3) is 0.314. The number of hydrogen-bond donors (Lipinski definition) is 2. The number of nitrogens with one attached hydrogen (secondary N) is 1. The van der Waals surface area contributed by atoms with E-state index in [-0.39, 0.29) is 29.0 Å². The lowest BCUT2D eigenvalue weighted by Crippen LogP contribution is -2.32. The van der Waals surface area contributed by atoms with Crippen molar-refractivity contribution < 1.29 is 29.0 Å². The molecule has 2 aliphatic carbocycles. The van der Waals surface area contributed by atoms with Crippen molar-refractivity contribution in [2.75, 3.05) is 0 Å². The Morgan fingerprint density at radius 2 is 1.26 bits per heavy atom. The summed E-state index contributed by atoms with van der Waals surface area (Å²) < 4.78 is 5.40. The van der Waals surface area contributed by atoms with Gasteiger partial charge < -0.3 is 15.2 Å². The highest BCUT2D eigenvalue weighted by atomic mass is 16.5. The topological polar surface area (TPSA) is 110 Å². The third-order valence-corrected chi connectivity index (χ3v) is 9.45. The Bertz CT molecular complexity index is 1890. The minimum atomic E-state index is -1.08. The zero-order valence-electron chi connectivity index (χ0n) is 23.2. The molecule has 0 spiro atoms. The molecule has 5 aromatic carbocycles. The molecule has 7 nitrogen and oxygen atoms in total. The summed E-state index contributed by atoms with van der Waals surface area (Å²) in [5, 5.41) is 19.0. The van der Waals surface area contributed by atoms with Gasteiger partial charge in [-0.15, -0.1) is 0 Å². The highest BCUT2D eigenvalue weighted by Crippen LogP contribution is 2.46. The van der Waals surface area contributed by atoms with Crippen LogP contribution in [0, 0.1) is 5.92 Å². The Hall–Kier alpha value is -4.52. The summed E-state index contributed by atoms with van der Waals surface area (Å²) >= 11 is 0. The van der Waals surface area contributed by atoms with Crippen molar-refractivity contribution in [3.63, 3.8) is 0 Å². The molecule has 0 heterocycles. The number of Topliss-reactive ketones (excluding diaryl/α,β-unsaturated/α-hetero) is 1. The van der Waals surface area contributed by atoms with Crippen molar-refractivity contribution in [3.8, 4) is 5.75 Å². The maximum atomic E-state index is 13.6. The van der Waals surface area contributed by atoms with E-state index in [0.717, 1.165) is 78.3 Å². The van der Waals surface area contributed by atoms with E-state index < -0.39 is 5.97 Å². The number of carboxylic acid groups (broad SMARTS) is 1. The van der Waals surface area contributed by atoms with Crippen LogP contribution >= 0.6 is 0 Å². The highest BCUT2D eigenvalue weighted by molar-refractivity contribution is 6.37. The van der Waals surface area contributed by atoms with Gasteiger partial charge in [0.1, 0.15) is 5.75 Å². The van der Waals surface area contributed by atoms with Crippen LogP contribution in [0.5, 0.6) is 5.75 Å². The smallest absolute Gasteiger partial charge is 0.336 e. The van der Waals surface area contributed by atoms with Gasteiger partial charge >= 0.3 is 5.97 Å². The Labute approximate surface area is 242 Å². The van der Waals surface area contributed by atoms with E-state index in [0.29, 0.717) is 46.1 Å². The molecule has 0 unspecified atom stereocenters. The molecule has 0 atom stereocenters. The molecule has 0 saturated heterocycles. The van der Waals surface area contributed by atoms with Crippen LogP contribution in [0.2, 0.25) is 0 Å². The Morgan fingerprint density at radius 3 is 1.88 bits per heavy atom. The zero-order chi connectivity index (χ0) is 29.0. The number of fused-ring (bicyclic) bond motifs is 2. The fourth-order valence-electron chi connectivity index (χ4n) is 7.53. The summed E-state index contributed by atoms with van der Waals surface area (Å²) in [6.07, 6.45) is 8.75. The molecular weight excluding hydrogens is 530 g/mol. The monoisotopic (exact) mass is 561 g/mol. The number of rotatable bonds is 8. The first-order valence-electron chi connectivity index (χ1n) is 14.8. The largest absolute Gasteiger partial charge is 0.478 e. The maximum absolute atomic E-state index is 13.6. The molecule has 0 radical (unpaired) electrons. The molecule has 2 fully saturated rings. The minimum absolute atomic E-state index is 0.0299. The number of carboxylic acids is 1. The second-order valence-corrected chi connectivity index (χ2v) is 11.8. The van der Waals surface area contributed by atoms with Gasteiger partial charge in [0.25, 0.3) is 12.4 Å².